The standard InChI is InChI=1S/C28H25INO3P/c29-34(23-15-7-2-8-16-23,24-17-9-3-10-18-24,25-19-11-4-12-20-25)21-26(28(32)33)30-27(31)22-13-5-1-6-14-22/h1-20,26H,21H2,(H,30,31)(H,32,33)/t26-/m1/s1. The minimum atomic E-state index is -3.36. The van der Waals surface area contributed by atoms with Gasteiger partial charge in [0.25, 0.3) is 0 Å². The summed E-state index contributed by atoms with van der Waals surface area (Å²) in [7, 11) is 0. The SMILES string of the molecule is O=C(N[C@H](CP(I)(c1ccccc1)(c1ccccc1)c1ccccc1)C(=O)O)c1ccccc1. The molecule has 0 bridgehead atoms. The van der Waals surface area contributed by atoms with Crippen molar-refractivity contribution in [3.8, 4) is 0 Å². The van der Waals surface area contributed by atoms with Crippen LogP contribution in [0.1, 0.15) is 10.4 Å². The summed E-state index contributed by atoms with van der Waals surface area (Å²) in [5, 5.41) is 16.3. The average Bonchev–Trinajstić information content (AvgIpc) is 2.90. The van der Waals surface area contributed by atoms with E-state index in [0.717, 1.165) is 15.9 Å². The number of amides is 1. The molecule has 0 radical (unpaired) electrons. The summed E-state index contributed by atoms with van der Waals surface area (Å²) >= 11 is 2.53. The molecule has 0 fully saturated rings. The number of carbonyl (C=O) groups excluding carboxylic acids is 1. The fraction of sp³-hybridized carbons (Fsp3) is 0.0714. The molecule has 0 saturated carbocycles. The Labute approximate surface area is 212 Å². The van der Waals surface area contributed by atoms with Crippen LogP contribution < -0.4 is 21.2 Å². The van der Waals surface area contributed by atoms with Gasteiger partial charge >= 0.3 is 213 Å². The van der Waals surface area contributed by atoms with E-state index in [0.29, 0.717) is 5.56 Å². The molecule has 4 aromatic rings. The number of rotatable bonds is 8. The number of benzene rings is 4. The first-order valence-electron chi connectivity index (χ1n) is 10.9. The Balaban J connectivity index is 1.92. The van der Waals surface area contributed by atoms with Gasteiger partial charge in [0.15, 0.2) is 0 Å². The molecule has 0 aromatic heterocycles. The van der Waals surface area contributed by atoms with Crippen molar-refractivity contribution in [2.45, 2.75) is 6.04 Å². The summed E-state index contributed by atoms with van der Waals surface area (Å²) in [6.45, 7) is 0. The van der Waals surface area contributed by atoms with Crippen molar-refractivity contribution in [3.63, 3.8) is 0 Å². The van der Waals surface area contributed by atoms with Gasteiger partial charge in [-0.1, -0.05) is 0 Å². The third-order valence-electron chi connectivity index (χ3n) is 6.05. The van der Waals surface area contributed by atoms with Gasteiger partial charge in [0.1, 0.15) is 0 Å². The maximum atomic E-state index is 13.0. The van der Waals surface area contributed by atoms with Crippen molar-refractivity contribution in [3.05, 3.63) is 127 Å². The summed E-state index contributed by atoms with van der Waals surface area (Å²) < 4.78 is -3.36. The van der Waals surface area contributed by atoms with Crippen molar-refractivity contribution in [2.75, 3.05) is 6.16 Å². The van der Waals surface area contributed by atoms with Gasteiger partial charge in [-0.2, -0.15) is 0 Å². The van der Waals surface area contributed by atoms with Crippen molar-refractivity contribution in [1.29, 1.82) is 0 Å². The fourth-order valence-corrected chi connectivity index (χ4v) is 13.3. The first-order valence-corrected chi connectivity index (χ1v) is 16.1. The van der Waals surface area contributed by atoms with Gasteiger partial charge in [-0.15, -0.1) is 0 Å². The van der Waals surface area contributed by atoms with Crippen LogP contribution in [-0.2, 0) is 4.79 Å². The summed E-state index contributed by atoms with van der Waals surface area (Å²) in [5.41, 5.74) is 0.432. The molecule has 4 aromatic carbocycles. The van der Waals surface area contributed by atoms with E-state index in [1.165, 1.54) is 0 Å². The first kappa shape index (κ1) is 24.1. The number of hydrogen-bond acceptors (Lipinski definition) is 2. The summed E-state index contributed by atoms with van der Waals surface area (Å²) in [4.78, 5) is 25.6. The van der Waals surface area contributed by atoms with Crippen LogP contribution in [0, 0.1) is 0 Å². The van der Waals surface area contributed by atoms with E-state index in [2.05, 4.69) is 63.8 Å². The number of aliphatic carboxylic acids is 1. The maximum absolute atomic E-state index is 13.0. The van der Waals surface area contributed by atoms with Gasteiger partial charge in [-0.3, -0.25) is 0 Å². The molecule has 0 saturated heterocycles. The molecule has 0 aliphatic heterocycles. The zero-order valence-corrected chi connectivity index (χ0v) is 21.5. The van der Waals surface area contributed by atoms with E-state index >= 15 is 0 Å². The van der Waals surface area contributed by atoms with E-state index in [4.69, 9.17) is 0 Å². The predicted molar refractivity (Wildman–Crippen MR) is 149 cm³/mol. The molecular formula is C28H25INO3P. The van der Waals surface area contributed by atoms with Crippen LogP contribution in [0.25, 0.3) is 0 Å². The molecular weight excluding hydrogens is 556 g/mol. The Morgan fingerprint density at radius 1 is 0.676 bits per heavy atom. The molecule has 0 aliphatic carbocycles. The molecule has 172 valence electrons. The molecule has 4 nitrogen and oxygen atoms in total. The number of hydrogen-bond donors (Lipinski definition) is 2. The second-order valence-electron chi connectivity index (χ2n) is 8.10. The van der Waals surface area contributed by atoms with Crippen molar-refractivity contribution >= 4 is 54.1 Å². The average molecular weight is 581 g/mol. The second-order valence-corrected chi connectivity index (χ2v) is 18.8. The Hall–Kier alpha value is -3.02. The van der Waals surface area contributed by atoms with Crippen LogP contribution in [-0.4, -0.2) is 29.2 Å². The normalized spacial score (nSPS) is 13.3. The molecule has 34 heavy (non-hydrogen) atoms. The van der Waals surface area contributed by atoms with Gasteiger partial charge in [-0.05, 0) is 0 Å². The number of carboxylic acids is 1. The fourth-order valence-electron chi connectivity index (χ4n) is 4.34. The number of carbonyl (C=O) groups is 2. The van der Waals surface area contributed by atoms with Crippen molar-refractivity contribution in [1.82, 2.24) is 5.32 Å². The van der Waals surface area contributed by atoms with E-state index in [1.54, 1.807) is 24.3 Å². The first-order chi connectivity index (χ1) is 16.4. The summed E-state index contributed by atoms with van der Waals surface area (Å²) in [5.74, 6) is -1.46. The number of halogens is 1. The Morgan fingerprint density at radius 3 is 1.38 bits per heavy atom. The number of nitrogens with one attached hydrogen (secondary N) is 1. The van der Waals surface area contributed by atoms with Gasteiger partial charge < -0.3 is 0 Å². The quantitative estimate of drug-likeness (QED) is 0.233. The van der Waals surface area contributed by atoms with Crippen LogP contribution in [0.15, 0.2) is 121 Å². The molecule has 6 heteroatoms. The molecule has 0 unspecified atom stereocenters. The number of carboxylic acid groups (broad SMARTS) is 1. The van der Waals surface area contributed by atoms with Crippen LogP contribution in [0.3, 0.4) is 0 Å². The van der Waals surface area contributed by atoms with Crippen LogP contribution in [0.4, 0.5) is 0 Å². The molecule has 0 spiro atoms. The zero-order chi connectivity index (χ0) is 24.0. The second kappa shape index (κ2) is 10.1. The molecule has 0 heterocycles. The van der Waals surface area contributed by atoms with Crippen molar-refractivity contribution < 1.29 is 14.7 Å². The monoisotopic (exact) mass is 581 g/mol. The summed E-state index contributed by atoms with van der Waals surface area (Å²) in [6, 6.07) is 37.9. The van der Waals surface area contributed by atoms with Gasteiger partial charge in [-0.25, -0.2) is 0 Å². The molecule has 2 N–H and O–H groups in total. The van der Waals surface area contributed by atoms with Crippen LogP contribution in [0.2, 0.25) is 0 Å². The van der Waals surface area contributed by atoms with E-state index in [9.17, 15) is 14.7 Å². The van der Waals surface area contributed by atoms with Crippen LogP contribution >= 0.6 is 26.3 Å². The molecule has 1 amide bonds. The van der Waals surface area contributed by atoms with Gasteiger partial charge in [0.2, 0.25) is 0 Å². The van der Waals surface area contributed by atoms with Crippen LogP contribution in [0.5, 0.6) is 0 Å². The van der Waals surface area contributed by atoms with E-state index in [1.807, 2.05) is 60.7 Å². The van der Waals surface area contributed by atoms with Crippen molar-refractivity contribution in [2.24, 2.45) is 0 Å². The molecule has 4 rings (SSSR count). The third-order valence-corrected chi connectivity index (χ3v) is 17.4. The zero-order valence-electron chi connectivity index (χ0n) is 18.4. The van der Waals surface area contributed by atoms with E-state index in [-0.39, 0.29) is 6.16 Å². The Bertz CT molecular complexity index is 1170. The molecule has 0 aliphatic rings. The third kappa shape index (κ3) is 4.50. The molecule has 1 atom stereocenters. The van der Waals surface area contributed by atoms with E-state index < -0.39 is 22.2 Å². The Kier molecular flexibility index (Phi) is 7.15. The minimum absolute atomic E-state index is 0.234. The predicted octanol–water partition coefficient (Wildman–Crippen LogP) is 4.75. The topological polar surface area (TPSA) is 66.4 Å². The van der Waals surface area contributed by atoms with Gasteiger partial charge in [0, 0.05) is 0 Å². The Morgan fingerprint density at radius 2 is 1.03 bits per heavy atom. The van der Waals surface area contributed by atoms with Gasteiger partial charge in [0.05, 0.1) is 0 Å². The summed E-state index contributed by atoms with van der Waals surface area (Å²) in [6.07, 6.45) is 0.234.